The van der Waals surface area contributed by atoms with E-state index in [0.717, 1.165) is 22.4 Å². The number of aryl methyl sites for hydroxylation is 2. The van der Waals surface area contributed by atoms with E-state index in [-0.39, 0.29) is 11.9 Å². The predicted molar refractivity (Wildman–Crippen MR) is 71.0 cm³/mol. The van der Waals surface area contributed by atoms with Gasteiger partial charge in [-0.05, 0) is 55.8 Å². The van der Waals surface area contributed by atoms with Gasteiger partial charge in [-0.2, -0.15) is 0 Å². The van der Waals surface area contributed by atoms with Crippen LogP contribution in [0.3, 0.4) is 0 Å². The highest BCUT2D eigenvalue weighted by Gasteiger charge is 2.15. The lowest BCUT2D eigenvalue weighted by Gasteiger charge is -2.19. The fourth-order valence-corrected chi connectivity index (χ4v) is 2.23. The summed E-state index contributed by atoms with van der Waals surface area (Å²) in [4.78, 5) is 4.28. The van der Waals surface area contributed by atoms with Crippen LogP contribution in [0.15, 0.2) is 36.5 Å². The van der Waals surface area contributed by atoms with Gasteiger partial charge in [-0.1, -0.05) is 12.1 Å². The molecule has 3 heteroatoms. The van der Waals surface area contributed by atoms with Gasteiger partial charge in [-0.25, -0.2) is 4.39 Å². The van der Waals surface area contributed by atoms with Crippen LogP contribution in [0.5, 0.6) is 0 Å². The molecule has 1 unspecified atom stereocenters. The second-order valence-corrected chi connectivity index (χ2v) is 4.46. The Kier molecular flexibility index (Phi) is 3.72. The molecule has 0 radical (unpaired) electrons. The van der Waals surface area contributed by atoms with Crippen LogP contribution in [0, 0.1) is 19.7 Å². The van der Waals surface area contributed by atoms with Gasteiger partial charge in [0.05, 0.1) is 6.04 Å². The van der Waals surface area contributed by atoms with E-state index in [1.54, 1.807) is 12.3 Å². The molecule has 18 heavy (non-hydrogen) atoms. The van der Waals surface area contributed by atoms with Crippen LogP contribution in [-0.4, -0.2) is 12.0 Å². The van der Waals surface area contributed by atoms with Gasteiger partial charge in [0.1, 0.15) is 5.82 Å². The summed E-state index contributed by atoms with van der Waals surface area (Å²) in [7, 11) is 1.87. The average molecular weight is 244 g/mol. The lowest BCUT2D eigenvalue weighted by molar-refractivity contribution is 0.614. The molecule has 1 aromatic heterocycles. The van der Waals surface area contributed by atoms with E-state index >= 15 is 0 Å². The van der Waals surface area contributed by atoms with Crippen molar-refractivity contribution >= 4 is 0 Å². The Balaban J connectivity index is 2.48. The molecule has 0 amide bonds. The van der Waals surface area contributed by atoms with E-state index in [2.05, 4.69) is 10.3 Å². The van der Waals surface area contributed by atoms with E-state index in [1.165, 1.54) is 6.07 Å². The Morgan fingerprint density at radius 1 is 1.22 bits per heavy atom. The average Bonchev–Trinajstić information content (AvgIpc) is 2.31. The summed E-state index contributed by atoms with van der Waals surface area (Å²) in [5.41, 5.74) is 3.88. The van der Waals surface area contributed by atoms with Crippen LogP contribution in [0.2, 0.25) is 0 Å². The molecule has 0 fully saturated rings. The Morgan fingerprint density at radius 2 is 2.00 bits per heavy atom. The third-order valence-electron chi connectivity index (χ3n) is 3.05. The summed E-state index contributed by atoms with van der Waals surface area (Å²) in [6.45, 7) is 3.86. The summed E-state index contributed by atoms with van der Waals surface area (Å²) >= 11 is 0. The van der Waals surface area contributed by atoms with Crippen molar-refractivity contribution in [2.24, 2.45) is 0 Å². The van der Waals surface area contributed by atoms with Gasteiger partial charge in [-0.15, -0.1) is 0 Å². The standard InChI is InChI=1S/C15H17FN2/c1-10-7-12(9-13(16)8-10)15(17-3)14-5-4-6-18-11(14)2/h4-9,15,17H,1-3H3. The summed E-state index contributed by atoms with van der Waals surface area (Å²) in [5.74, 6) is -0.202. The molecular formula is C15H17FN2. The Bertz CT molecular complexity index is 532. The first-order valence-electron chi connectivity index (χ1n) is 5.97. The first kappa shape index (κ1) is 12.7. The number of pyridine rings is 1. The maximum atomic E-state index is 13.5. The van der Waals surface area contributed by atoms with Crippen molar-refractivity contribution in [3.8, 4) is 0 Å². The number of rotatable bonds is 3. The van der Waals surface area contributed by atoms with Crippen LogP contribution in [0.25, 0.3) is 0 Å². The molecule has 94 valence electrons. The second-order valence-electron chi connectivity index (χ2n) is 4.46. The second kappa shape index (κ2) is 5.27. The molecule has 0 aliphatic carbocycles. The lowest BCUT2D eigenvalue weighted by atomic mass is 9.96. The van der Waals surface area contributed by atoms with Crippen LogP contribution in [0.1, 0.15) is 28.4 Å². The van der Waals surface area contributed by atoms with Crippen LogP contribution < -0.4 is 5.32 Å². The maximum absolute atomic E-state index is 13.5. The molecule has 1 heterocycles. The first-order chi connectivity index (χ1) is 8.61. The SMILES string of the molecule is CNC(c1cc(C)cc(F)c1)c1cccnc1C. The van der Waals surface area contributed by atoms with Crippen molar-refractivity contribution in [2.75, 3.05) is 7.05 Å². The quantitative estimate of drug-likeness (QED) is 0.897. The van der Waals surface area contributed by atoms with Crippen molar-refractivity contribution in [3.05, 3.63) is 64.7 Å². The van der Waals surface area contributed by atoms with Crippen molar-refractivity contribution in [2.45, 2.75) is 19.9 Å². The smallest absolute Gasteiger partial charge is 0.123 e. The summed E-state index contributed by atoms with van der Waals surface area (Å²) in [6.07, 6.45) is 1.77. The highest BCUT2D eigenvalue weighted by Crippen LogP contribution is 2.24. The summed E-state index contributed by atoms with van der Waals surface area (Å²) in [5, 5.41) is 3.22. The number of halogens is 1. The molecule has 1 N–H and O–H groups in total. The van der Waals surface area contributed by atoms with Gasteiger partial charge < -0.3 is 5.32 Å². The highest BCUT2D eigenvalue weighted by atomic mass is 19.1. The van der Waals surface area contributed by atoms with Gasteiger partial charge in [0, 0.05) is 11.9 Å². The van der Waals surface area contributed by atoms with Gasteiger partial charge >= 0.3 is 0 Å². The molecule has 2 rings (SSSR count). The Labute approximate surface area is 107 Å². The molecule has 1 aromatic carbocycles. The van der Waals surface area contributed by atoms with E-state index < -0.39 is 0 Å². The van der Waals surface area contributed by atoms with Crippen LogP contribution in [0.4, 0.5) is 4.39 Å². The van der Waals surface area contributed by atoms with Gasteiger partial charge in [-0.3, -0.25) is 4.98 Å². The Hall–Kier alpha value is -1.74. The predicted octanol–water partition coefficient (Wildman–Crippen LogP) is 3.15. The van der Waals surface area contributed by atoms with Gasteiger partial charge in [0.2, 0.25) is 0 Å². The van der Waals surface area contributed by atoms with E-state index in [9.17, 15) is 4.39 Å². The number of nitrogens with zero attached hydrogens (tertiary/aromatic N) is 1. The minimum Gasteiger partial charge on any atom is -0.309 e. The zero-order chi connectivity index (χ0) is 13.1. The zero-order valence-corrected chi connectivity index (χ0v) is 10.9. The number of nitrogens with one attached hydrogen (secondary N) is 1. The molecular weight excluding hydrogens is 227 g/mol. The first-order valence-corrected chi connectivity index (χ1v) is 5.97. The molecule has 0 bridgehead atoms. The van der Waals surface area contributed by atoms with Crippen LogP contribution >= 0.6 is 0 Å². The number of aromatic nitrogens is 1. The fourth-order valence-electron chi connectivity index (χ4n) is 2.23. The van der Waals surface area contributed by atoms with Crippen molar-refractivity contribution in [1.29, 1.82) is 0 Å². The molecule has 1 atom stereocenters. The molecule has 2 nitrogen and oxygen atoms in total. The van der Waals surface area contributed by atoms with Crippen molar-refractivity contribution in [1.82, 2.24) is 10.3 Å². The number of benzene rings is 1. The molecule has 0 saturated heterocycles. The number of hydrogen-bond donors (Lipinski definition) is 1. The van der Waals surface area contributed by atoms with Crippen molar-refractivity contribution < 1.29 is 4.39 Å². The zero-order valence-electron chi connectivity index (χ0n) is 10.9. The van der Waals surface area contributed by atoms with Gasteiger partial charge in [0.25, 0.3) is 0 Å². The summed E-state index contributed by atoms with van der Waals surface area (Å²) in [6, 6.07) is 8.99. The highest BCUT2D eigenvalue weighted by molar-refractivity contribution is 5.35. The normalized spacial score (nSPS) is 12.4. The molecule has 0 aliphatic heterocycles. The maximum Gasteiger partial charge on any atom is 0.123 e. The molecule has 0 aliphatic rings. The Morgan fingerprint density at radius 3 is 2.61 bits per heavy atom. The largest absolute Gasteiger partial charge is 0.309 e. The summed E-state index contributed by atoms with van der Waals surface area (Å²) < 4.78 is 13.5. The third kappa shape index (κ3) is 2.57. The lowest BCUT2D eigenvalue weighted by Crippen LogP contribution is -2.19. The van der Waals surface area contributed by atoms with Gasteiger partial charge in [0.15, 0.2) is 0 Å². The molecule has 2 aromatic rings. The molecule has 0 saturated carbocycles. The minimum absolute atomic E-state index is 0.0342. The minimum atomic E-state index is -0.202. The van der Waals surface area contributed by atoms with Crippen molar-refractivity contribution in [3.63, 3.8) is 0 Å². The monoisotopic (exact) mass is 244 g/mol. The third-order valence-corrected chi connectivity index (χ3v) is 3.05. The van der Waals surface area contributed by atoms with E-state index in [4.69, 9.17) is 0 Å². The van der Waals surface area contributed by atoms with E-state index in [1.807, 2.05) is 39.1 Å². The fraction of sp³-hybridized carbons (Fsp3) is 0.267. The molecule has 0 spiro atoms. The number of hydrogen-bond acceptors (Lipinski definition) is 2. The topological polar surface area (TPSA) is 24.9 Å². The van der Waals surface area contributed by atoms with E-state index in [0.29, 0.717) is 0 Å². The van der Waals surface area contributed by atoms with Crippen LogP contribution in [-0.2, 0) is 0 Å².